The molecule has 0 aliphatic carbocycles. The monoisotopic (exact) mass is 243 g/mol. The van der Waals surface area contributed by atoms with E-state index in [-0.39, 0.29) is 0 Å². The molecular weight excluding hydrogens is 237 g/mol. The molecule has 0 aliphatic heterocycles. The fourth-order valence-corrected chi connectivity index (χ4v) is 2.15. The summed E-state index contributed by atoms with van der Waals surface area (Å²) in [6, 6.07) is 3.95. The lowest BCUT2D eigenvalue weighted by atomic mass is 10.2. The van der Waals surface area contributed by atoms with Crippen LogP contribution < -0.4 is 0 Å². The van der Waals surface area contributed by atoms with Crippen molar-refractivity contribution in [2.75, 3.05) is 0 Å². The van der Waals surface area contributed by atoms with Gasteiger partial charge in [-0.05, 0) is 24.6 Å². The molecule has 1 aromatic carbocycles. The van der Waals surface area contributed by atoms with Crippen molar-refractivity contribution in [3.05, 3.63) is 33.4 Å². The van der Waals surface area contributed by atoms with Gasteiger partial charge in [0, 0.05) is 16.1 Å². The third kappa shape index (κ3) is 1.15. The minimum absolute atomic E-state index is 0.757. The third-order valence-electron chi connectivity index (χ3n) is 1.91. The number of benzene rings is 1. The molecule has 1 nitrogen and oxygen atoms in total. The summed E-state index contributed by atoms with van der Waals surface area (Å²) in [6.45, 7) is 2.06. The number of hydrogen-bond acceptors (Lipinski definition) is 0. The molecule has 0 bridgehead atoms. The largest absolute Gasteiger partial charge is 0.360 e. The van der Waals surface area contributed by atoms with Crippen LogP contribution in [0.15, 0.2) is 22.8 Å². The van der Waals surface area contributed by atoms with E-state index < -0.39 is 0 Å². The van der Waals surface area contributed by atoms with E-state index in [2.05, 4.69) is 33.9 Å². The van der Waals surface area contributed by atoms with Gasteiger partial charge in [-0.15, -0.1) is 0 Å². The van der Waals surface area contributed by atoms with Crippen molar-refractivity contribution < 1.29 is 0 Å². The van der Waals surface area contributed by atoms with Gasteiger partial charge in [-0.3, -0.25) is 0 Å². The lowest BCUT2D eigenvalue weighted by Gasteiger charge is -1.96. The van der Waals surface area contributed by atoms with Crippen LogP contribution in [0, 0.1) is 6.92 Å². The van der Waals surface area contributed by atoms with Gasteiger partial charge in [0.1, 0.15) is 0 Å². The molecule has 0 atom stereocenters. The first-order chi connectivity index (χ1) is 5.68. The zero-order valence-corrected chi connectivity index (χ0v) is 8.83. The quantitative estimate of drug-likeness (QED) is 0.724. The van der Waals surface area contributed by atoms with Crippen molar-refractivity contribution in [2.24, 2.45) is 0 Å². The Morgan fingerprint density at radius 1 is 1.42 bits per heavy atom. The van der Waals surface area contributed by atoms with Gasteiger partial charge < -0.3 is 4.98 Å². The third-order valence-corrected chi connectivity index (χ3v) is 2.67. The van der Waals surface area contributed by atoms with E-state index in [0.29, 0.717) is 0 Å². The number of aromatic amines is 1. The van der Waals surface area contributed by atoms with Crippen molar-refractivity contribution in [1.29, 1.82) is 0 Å². The highest BCUT2D eigenvalue weighted by molar-refractivity contribution is 9.10. The number of rotatable bonds is 0. The molecule has 2 rings (SSSR count). The summed E-state index contributed by atoms with van der Waals surface area (Å²) in [6.07, 6.45) is 1.96. The van der Waals surface area contributed by atoms with Crippen molar-refractivity contribution in [3.8, 4) is 0 Å². The summed E-state index contributed by atoms with van der Waals surface area (Å²) < 4.78 is 1.02. The van der Waals surface area contributed by atoms with E-state index in [4.69, 9.17) is 11.6 Å². The highest BCUT2D eigenvalue weighted by Gasteiger charge is 2.04. The Hall–Kier alpha value is -0.470. The van der Waals surface area contributed by atoms with Gasteiger partial charge in [0.05, 0.1) is 10.5 Å². The summed E-state index contributed by atoms with van der Waals surface area (Å²) in [5.41, 5.74) is 2.23. The molecule has 0 amide bonds. The van der Waals surface area contributed by atoms with Crippen LogP contribution in [-0.4, -0.2) is 4.98 Å². The summed E-state index contributed by atoms with van der Waals surface area (Å²) in [5.74, 6) is 0. The van der Waals surface area contributed by atoms with E-state index in [1.165, 1.54) is 10.9 Å². The molecule has 0 fully saturated rings. The minimum Gasteiger partial charge on any atom is -0.360 e. The van der Waals surface area contributed by atoms with Crippen molar-refractivity contribution in [1.82, 2.24) is 4.98 Å². The Labute approximate surface area is 83.9 Å². The molecule has 0 unspecified atom stereocenters. The highest BCUT2D eigenvalue weighted by atomic mass is 79.9. The van der Waals surface area contributed by atoms with Crippen LogP contribution in [-0.2, 0) is 0 Å². The Kier molecular flexibility index (Phi) is 1.89. The Bertz CT molecular complexity index is 433. The van der Waals surface area contributed by atoms with Crippen LogP contribution in [0.4, 0.5) is 0 Å². The normalized spacial score (nSPS) is 10.9. The Morgan fingerprint density at radius 2 is 2.17 bits per heavy atom. The van der Waals surface area contributed by atoms with Gasteiger partial charge in [-0.1, -0.05) is 27.5 Å². The molecule has 1 heterocycles. The fourth-order valence-electron chi connectivity index (χ4n) is 1.29. The summed E-state index contributed by atoms with van der Waals surface area (Å²) in [4.78, 5) is 3.13. The van der Waals surface area contributed by atoms with Crippen LogP contribution >= 0.6 is 27.5 Å². The van der Waals surface area contributed by atoms with E-state index in [0.717, 1.165) is 15.0 Å². The van der Waals surface area contributed by atoms with Gasteiger partial charge in [-0.25, -0.2) is 0 Å². The Morgan fingerprint density at radius 3 is 2.92 bits per heavy atom. The summed E-state index contributed by atoms with van der Waals surface area (Å²) in [7, 11) is 0. The standard InChI is InChI=1S/C9H7BrClN/c1-5-4-12-9-7(5)2-6(10)3-8(9)11/h2-4,12H,1H3. The molecular formula is C9H7BrClN. The molecule has 0 aliphatic rings. The second-order valence-corrected chi connectivity index (χ2v) is 4.10. The molecule has 0 saturated carbocycles. The fraction of sp³-hybridized carbons (Fsp3) is 0.111. The molecule has 12 heavy (non-hydrogen) atoms. The number of nitrogens with one attached hydrogen (secondary N) is 1. The van der Waals surface area contributed by atoms with Crippen molar-refractivity contribution >= 4 is 38.4 Å². The van der Waals surface area contributed by atoms with Crippen molar-refractivity contribution in [2.45, 2.75) is 6.92 Å². The van der Waals surface area contributed by atoms with E-state index in [1.54, 1.807) is 0 Å². The van der Waals surface area contributed by atoms with Crippen LogP contribution in [0.25, 0.3) is 10.9 Å². The van der Waals surface area contributed by atoms with E-state index >= 15 is 0 Å². The number of aromatic nitrogens is 1. The molecule has 3 heteroatoms. The average Bonchev–Trinajstić information content (AvgIpc) is 2.33. The molecule has 0 saturated heterocycles. The van der Waals surface area contributed by atoms with Gasteiger partial charge >= 0.3 is 0 Å². The maximum Gasteiger partial charge on any atom is 0.0658 e. The highest BCUT2D eigenvalue weighted by Crippen LogP contribution is 2.28. The van der Waals surface area contributed by atoms with E-state index in [1.807, 2.05) is 12.3 Å². The zero-order chi connectivity index (χ0) is 8.72. The van der Waals surface area contributed by atoms with E-state index in [9.17, 15) is 0 Å². The van der Waals surface area contributed by atoms with Gasteiger partial charge in [-0.2, -0.15) is 0 Å². The second-order valence-electron chi connectivity index (χ2n) is 2.78. The minimum atomic E-state index is 0.757. The summed E-state index contributed by atoms with van der Waals surface area (Å²) >= 11 is 9.42. The number of halogens is 2. The topological polar surface area (TPSA) is 15.8 Å². The van der Waals surface area contributed by atoms with Crippen LogP contribution in [0.1, 0.15) is 5.56 Å². The maximum absolute atomic E-state index is 6.01. The molecule has 1 N–H and O–H groups in total. The van der Waals surface area contributed by atoms with Crippen LogP contribution in [0.3, 0.4) is 0 Å². The molecule has 1 aromatic heterocycles. The first-order valence-electron chi connectivity index (χ1n) is 3.61. The zero-order valence-electron chi connectivity index (χ0n) is 6.49. The van der Waals surface area contributed by atoms with Gasteiger partial charge in [0.25, 0.3) is 0 Å². The number of aryl methyl sites for hydroxylation is 1. The van der Waals surface area contributed by atoms with Gasteiger partial charge in [0.15, 0.2) is 0 Å². The van der Waals surface area contributed by atoms with Crippen molar-refractivity contribution in [3.63, 3.8) is 0 Å². The SMILES string of the molecule is Cc1c[nH]c2c(Cl)cc(Br)cc12. The number of fused-ring (bicyclic) bond motifs is 1. The van der Waals surface area contributed by atoms with Crippen LogP contribution in [0.2, 0.25) is 5.02 Å². The lowest BCUT2D eigenvalue weighted by Crippen LogP contribution is -1.72. The second kappa shape index (κ2) is 2.79. The molecule has 0 spiro atoms. The van der Waals surface area contributed by atoms with Crippen LogP contribution in [0.5, 0.6) is 0 Å². The molecule has 2 aromatic rings. The maximum atomic E-state index is 6.01. The first-order valence-corrected chi connectivity index (χ1v) is 4.78. The number of H-pyrrole nitrogens is 1. The lowest BCUT2D eigenvalue weighted by molar-refractivity contribution is 1.43. The number of hydrogen-bond donors (Lipinski definition) is 1. The predicted octanol–water partition coefficient (Wildman–Crippen LogP) is 3.89. The first kappa shape index (κ1) is 8.14. The average molecular weight is 245 g/mol. The molecule has 0 radical (unpaired) electrons. The Balaban J connectivity index is 2.92. The summed E-state index contributed by atoms with van der Waals surface area (Å²) in [5, 5.41) is 1.93. The van der Waals surface area contributed by atoms with Gasteiger partial charge in [0.2, 0.25) is 0 Å². The smallest absolute Gasteiger partial charge is 0.0658 e. The molecule has 62 valence electrons. The predicted molar refractivity (Wildman–Crippen MR) is 55.7 cm³/mol.